The van der Waals surface area contributed by atoms with Crippen LogP contribution < -0.4 is 0 Å². The lowest BCUT2D eigenvalue weighted by Gasteiger charge is -2.27. The molecule has 1 fully saturated rings. The zero-order chi connectivity index (χ0) is 42.7. The number of hydrogen-bond donors (Lipinski definition) is 0. The molecule has 2 aliphatic carbocycles. The van der Waals surface area contributed by atoms with Crippen LogP contribution >= 0.6 is 0 Å². The van der Waals surface area contributed by atoms with Gasteiger partial charge in [0.15, 0.2) is 0 Å². The normalized spacial score (nSPS) is 15.7. The Morgan fingerprint density at radius 1 is 0.413 bits per heavy atom. The largest absolute Gasteiger partial charge is 0.246 e. The molecule has 0 heterocycles. The van der Waals surface area contributed by atoms with Crippen molar-refractivity contribution in [2.45, 2.75) is 83.5 Å². The van der Waals surface area contributed by atoms with E-state index in [2.05, 4.69) is 203 Å². The van der Waals surface area contributed by atoms with Gasteiger partial charge in [0.1, 0.15) is 0 Å². The van der Waals surface area contributed by atoms with E-state index >= 15 is 0 Å². The average Bonchev–Trinajstić information content (AvgIpc) is 3.59. The van der Waals surface area contributed by atoms with Crippen LogP contribution in [0.4, 0.5) is 11.4 Å². The molecule has 0 aromatic heterocycles. The van der Waals surface area contributed by atoms with Crippen LogP contribution in [0.3, 0.4) is 0 Å². The summed E-state index contributed by atoms with van der Waals surface area (Å²) in [6.07, 6.45) is 8.98. The van der Waals surface area contributed by atoms with Crippen LogP contribution in [0.5, 0.6) is 0 Å². The van der Waals surface area contributed by atoms with Gasteiger partial charge in [-0.05, 0) is 89.4 Å². The van der Waals surface area contributed by atoms with Crippen LogP contribution in [0.15, 0.2) is 192 Å². The van der Waals surface area contributed by atoms with E-state index in [-0.39, 0.29) is 11.8 Å². The molecule has 0 saturated heterocycles. The molecule has 8 aromatic carbocycles. The predicted octanol–water partition coefficient (Wildman–Crippen LogP) is 16.2. The Balaban J connectivity index is 1.30. The molecule has 10 rings (SSSR count). The lowest BCUT2D eigenvalue weighted by molar-refractivity contribution is 0.456. The molecule has 0 aliphatic heterocycles. The van der Waals surface area contributed by atoms with Crippen molar-refractivity contribution in [3.63, 3.8) is 0 Å². The van der Waals surface area contributed by atoms with Crippen molar-refractivity contribution in [3.8, 4) is 0 Å². The molecule has 63 heavy (non-hydrogen) atoms. The molecule has 0 amide bonds. The topological polar surface area (TPSA) is 24.7 Å². The fourth-order valence-corrected chi connectivity index (χ4v) is 10.8. The van der Waals surface area contributed by atoms with Gasteiger partial charge in [-0.25, -0.2) is 9.98 Å². The molecular weight excluding hydrogens is 761 g/mol. The number of aryl methyl sites for hydroxylation is 3. The van der Waals surface area contributed by atoms with Gasteiger partial charge >= 0.3 is 0 Å². The van der Waals surface area contributed by atoms with E-state index in [0.717, 1.165) is 33.9 Å². The molecule has 2 aliphatic rings. The van der Waals surface area contributed by atoms with Gasteiger partial charge < -0.3 is 0 Å². The molecule has 0 atom stereocenters. The van der Waals surface area contributed by atoms with Crippen molar-refractivity contribution in [2.24, 2.45) is 9.98 Å². The second-order valence-electron chi connectivity index (χ2n) is 18.0. The Morgan fingerprint density at radius 2 is 0.825 bits per heavy atom. The quantitative estimate of drug-likeness (QED) is 0.130. The Labute approximate surface area is 374 Å². The first-order chi connectivity index (χ1) is 31.0. The van der Waals surface area contributed by atoms with E-state index < -0.39 is 0 Å². The van der Waals surface area contributed by atoms with Crippen LogP contribution in [0, 0.1) is 20.8 Å². The van der Waals surface area contributed by atoms with Gasteiger partial charge in [0.25, 0.3) is 0 Å². The first-order valence-corrected chi connectivity index (χ1v) is 23.2. The Hall–Kier alpha value is -6.64. The maximum Gasteiger partial charge on any atom is 0.0979 e. The van der Waals surface area contributed by atoms with Crippen molar-refractivity contribution < 1.29 is 0 Å². The van der Waals surface area contributed by atoms with Gasteiger partial charge in [0.05, 0.1) is 22.8 Å². The Bertz CT molecular complexity index is 2750. The fraction of sp³-hybridized carbons (Fsp3) is 0.213. The molecule has 0 unspecified atom stereocenters. The zero-order valence-electron chi connectivity index (χ0n) is 36.9. The summed E-state index contributed by atoms with van der Waals surface area (Å²) in [6, 6.07) is 67.0. The molecule has 0 bridgehead atoms. The van der Waals surface area contributed by atoms with Crippen LogP contribution in [-0.4, -0.2) is 11.4 Å². The smallest absolute Gasteiger partial charge is 0.0979 e. The maximum atomic E-state index is 6.16. The second kappa shape index (κ2) is 18.0. The third-order valence-electron chi connectivity index (χ3n) is 13.6. The van der Waals surface area contributed by atoms with Crippen molar-refractivity contribution >= 4 is 33.6 Å². The number of aliphatic imine (C=N–C) groups is 2. The Morgan fingerprint density at radius 3 is 1.29 bits per heavy atom. The van der Waals surface area contributed by atoms with E-state index in [4.69, 9.17) is 9.98 Å². The summed E-state index contributed by atoms with van der Waals surface area (Å²) in [4.78, 5) is 12.1. The van der Waals surface area contributed by atoms with E-state index in [1.54, 1.807) is 0 Å². The summed E-state index contributed by atoms with van der Waals surface area (Å²) in [5.74, 6) is 0.360. The molecule has 0 spiro atoms. The molecule has 310 valence electrons. The average molecular weight is 817 g/mol. The number of benzene rings is 8. The van der Waals surface area contributed by atoms with Crippen LogP contribution in [0.2, 0.25) is 0 Å². The zero-order valence-corrected chi connectivity index (χ0v) is 36.9. The van der Waals surface area contributed by atoms with E-state index in [9.17, 15) is 0 Å². The summed E-state index contributed by atoms with van der Waals surface area (Å²) < 4.78 is 0. The highest BCUT2D eigenvalue weighted by molar-refractivity contribution is 6.61. The fourth-order valence-electron chi connectivity index (χ4n) is 10.8. The highest BCUT2D eigenvalue weighted by Gasteiger charge is 2.32. The minimum atomic E-state index is -0.0668. The molecule has 2 heteroatoms. The van der Waals surface area contributed by atoms with Gasteiger partial charge in [-0.15, -0.1) is 0 Å². The van der Waals surface area contributed by atoms with Crippen LogP contribution in [0.25, 0.3) is 10.8 Å². The van der Waals surface area contributed by atoms with Crippen molar-refractivity contribution in [1.29, 1.82) is 0 Å². The molecule has 1 saturated carbocycles. The van der Waals surface area contributed by atoms with Crippen molar-refractivity contribution in [2.75, 3.05) is 0 Å². The molecule has 0 N–H and O–H groups in total. The van der Waals surface area contributed by atoms with Gasteiger partial charge in [-0.1, -0.05) is 225 Å². The summed E-state index contributed by atoms with van der Waals surface area (Å²) >= 11 is 0. The highest BCUT2D eigenvalue weighted by atomic mass is 14.9. The second-order valence-corrected chi connectivity index (χ2v) is 18.0. The third kappa shape index (κ3) is 8.12. The van der Waals surface area contributed by atoms with E-state index in [0.29, 0.717) is 5.92 Å². The van der Waals surface area contributed by atoms with Gasteiger partial charge in [0.2, 0.25) is 0 Å². The third-order valence-corrected chi connectivity index (χ3v) is 13.6. The molecule has 2 nitrogen and oxygen atoms in total. The van der Waals surface area contributed by atoms with Crippen LogP contribution in [-0.2, 0) is 0 Å². The van der Waals surface area contributed by atoms with Gasteiger partial charge in [-0.2, -0.15) is 0 Å². The van der Waals surface area contributed by atoms with Crippen molar-refractivity contribution in [3.05, 3.63) is 249 Å². The molecule has 0 radical (unpaired) electrons. The lowest BCUT2D eigenvalue weighted by Crippen LogP contribution is -2.14. The molecule has 8 aromatic rings. The minimum absolute atomic E-state index is 0.0668. The minimum Gasteiger partial charge on any atom is -0.246 e. The standard InChI is InChI=1S/C61H56N2/c1-41-37-43(3)58(52(38-41)44-23-11-5-4-6-12-24-44)62-60-50-35-21-33-49-34-22-36-51(57(49)50)61(60)63-59-53(55(45-25-13-7-14-26-45)46-27-15-8-16-28-46)39-42(2)40-54(59)56(47-29-17-9-18-30-47)48-31-19-10-20-32-48/h7-10,13-22,25-40,44,55-56H,4-6,11-12,23-24H2,1-3H3. The summed E-state index contributed by atoms with van der Waals surface area (Å²) in [6.45, 7) is 6.77. The van der Waals surface area contributed by atoms with Crippen molar-refractivity contribution in [1.82, 2.24) is 0 Å². The lowest BCUT2D eigenvalue weighted by atomic mass is 9.78. The summed E-state index contributed by atoms with van der Waals surface area (Å²) in [7, 11) is 0. The molecular formula is C61H56N2. The van der Waals surface area contributed by atoms with Crippen LogP contribution in [0.1, 0.15) is 129 Å². The summed E-state index contributed by atoms with van der Waals surface area (Å²) in [5, 5.41) is 2.45. The van der Waals surface area contributed by atoms with E-state index in [1.165, 1.54) is 111 Å². The monoisotopic (exact) mass is 816 g/mol. The van der Waals surface area contributed by atoms with Gasteiger partial charge in [-0.3, -0.25) is 0 Å². The first kappa shape index (κ1) is 40.4. The predicted molar refractivity (Wildman–Crippen MR) is 266 cm³/mol. The van der Waals surface area contributed by atoms with E-state index in [1.807, 2.05) is 0 Å². The number of hydrogen-bond acceptors (Lipinski definition) is 2. The first-order valence-electron chi connectivity index (χ1n) is 23.2. The SMILES string of the molecule is Cc1cc(C)c(N=C2C(=Nc3c(C(c4ccccc4)c4ccccc4)cc(C)cc3C(c3ccccc3)c3ccccc3)c3cccc4cccc2c34)c(C2CCCCCCC2)c1. The highest BCUT2D eigenvalue weighted by Crippen LogP contribution is 2.47. The summed E-state index contributed by atoms with van der Waals surface area (Å²) in [5.41, 5.74) is 18.8. The maximum absolute atomic E-state index is 6.16. The number of rotatable bonds is 9. The van der Waals surface area contributed by atoms with Gasteiger partial charge in [0, 0.05) is 28.3 Å². The Kier molecular flexibility index (Phi) is 11.5. The number of nitrogens with zero attached hydrogens (tertiary/aromatic N) is 2.